The Labute approximate surface area is 125 Å². The molecular weight excluding hydrogens is 242 g/mol. The van der Waals surface area contributed by atoms with Crippen molar-refractivity contribution >= 4 is 5.69 Å². The highest BCUT2D eigenvalue weighted by Gasteiger charge is 2.18. The average molecular weight is 273 g/mol. The minimum absolute atomic E-state index is 0.878. The molecule has 1 aromatic carbocycles. The van der Waals surface area contributed by atoms with Crippen molar-refractivity contribution in [2.75, 3.05) is 11.9 Å². The molecule has 1 heteroatoms. The fourth-order valence-corrected chi connectivity index (χ4v) is 3.38. The van der Waals surface area contributed by atoms with E-state index in [4.69, 9.17) is 0 Å². The number of hydrogen-bond acceptors (Lipinski definition) is 1. The van der Waals surface area contributed by atoms with Crippen LogP contribution < -0.4 is 5.32 Å². The first-order valence-corrected chi connectivity index (χ1v) is 8.60. The maximum atomic E-state index is 3.63. The van der Waals surface area contributed by atoms with Crippen molar-refractivity contribution in [1.82, 2.24) is 0 Å². The van der Waals surface area contributed by atoms with Gasteiger partial charge < -0.3 is 5.32 Å². The molecule has 1 aromatic rings. The Morgan fingerprint density at radius 3 is 2.60 bits per heavy atom. The van der Waals surface area contributed by atoms with Gasteiger partial charge in [0, 0.05) is 12.2 Å². The Hall–Kier alpha value is -0.980. The second-order valence-corrected chi connectivity index (χ2v) is 6.67. The first-order chi connectivity index (χ1) is 9.78. The first kappa shape index (κ1) is 15.4. The molecule has 20 heavy (non-hydrogen) atoms. The molecule has 1 saturated carbocycles. The first-order valence-electron chi connectivity index (χ1n) is 8.60. The Morgan fingerprint density at radius 1 is 1.10 bits per heavy atom. The van der Waals surface area contributed by atoms with Gasteiger partial charge in [0.25, 0.3) is 0 Å². The summed E-state index contributed by atoms with van der Waals surface area (Å²) in [6.45, 7) is 5.82. The Morgan fingerprint density at radius 2 is 1.90 bits per heavy atom. The van der Waals surface area contributed by atoms with Crippen molar-refractivity contribution in [3.05, 3.63) is 29.8 Å². The van der Waals surface area contributed by atoms with Crippen molar-refractivity contribution in [2.24, 2.45) is 11.8 Å². The van der Waals surface area contributed by atoms with Gasteiger partial charge in [0.15, 0.2) is 0 Å². The van der Waals surface area contributed by atoms with E-state index in [9.17, 15) is 0 Å². The van der Waals surface area contributed by atoms with Crippen molar-refractivity contribution in [1.29, 1.82) is 0 Å². The Balaban J connectivity index is 1.73. The number of anilines is 1. The van der Waals surface area contributed by atoms with Crippen LogP contribution in [0.4, 0.5) is 5.69 Å². The highest BCUT2D eigenvalue weighted by atomic mass is 14.9. The molecule has 0 aliphatic heterocycles. The minimum Gasteiger partial charge on any atom is -0.385 e. The van der Waals surface area contributed by atoms with E-state index in [0.29, 0.717) is 0 Å². The van der Waals surface area contributed by atoms with Gasteiger partial charge in [0.05, 0.1) is 0 Å². The van der Waals surface area contributed by atoms with Crippen LogP contribution in [0.15, 0.2) is 24.3 Å². The maximum absolute atomic E-state index is 3.63. The molecule has 112 valence electrons. The molecule has 2 rings (SSSR count). The van der Waals surface area contributed by atoms with E-state index in [0.717, 1.165) is 18.4 Å². The third kappa shape index (κ3) is 5.19. The summed E-state index contributed by atoms with van der Waals surface area (Å²) in [6, 6.07) is 9.10. The van der Waals surface area contributed by atoms with Gasteiger partial charge in [-0.1, -0.05) is 51.7 Å². The van der Waals surface area contributed by atoms with Crippen molar-refractivity contribution in [3.63, 3.8) is 0 Å². The lowest BCUT2D eigenvalue weighted by Gasteiger charge is -2.27. The predicted octanol–water partition coefficient (Wildman–Crippen LogP) is 5.66. The summed E-state index contributed by atoms with van der Waals surface area (Å²) in [5, 5.41) is 3.63. The number of benzene rings is 1. The molecule has 2 atom stereocenters. The van der Waals surface area contributed by atoms with Gasteiger partial charge in [-0.2, -0.15) is 0 Å². The molecule has 0 aromatic heterocycles. The minimum atomic E-state index is 0.878. The molecule has 0 bridgehead atoms. The smallest absolute Gasteiger partial charge is 0.0340 e. The maximum Gasteiger partial charge on any atom is 0.0340 e. The van der Waals surface area contributed by atoms with E-state index >= 15 is 0 Å². The van der Waals surface area contributed by atoms with Crippen molar-refractivity contribution in [2.45, 2.75) is 65.2 Å². The summed E-state index contributed by atoms with van der Waals surface area (Å²) < 4.78 is 0. The van der Waals surface area contributed by atoms with Gasteiger partial charge in [-0.05, 0) is 55.2 Å². The molecule has 0 radical (unpaired) electrons. The van der Waals surface area contributed by atoms with Crippen LogP contribution in [0.3, 0.4) is 0 Å². The molecule has 2 unspecified atom stereocenters. The molecule has 1 aliphatic rings. The predicted molar refractivity (Wildman–Crippen MR) is 89.3 cm³/mol. The monoisotopic (exact) mass is 273 g/mol. The SMILES string of the molecule is CCCCCc1ccc(NCC2CCCC(C)C2)cc1. The standard InChI is InChI=1S/C19H31N/c1-3-4-5-8-17-10-12-19(13-11-17)20-15-18-9-6-7-16(2)14-18/h10-13,16,18,20H,3-9,14-15H2,1-2H3. The summed E-state index contributed by atoms with van der Waals surface area (Å²) >= 11 is 0. The number of nitrogens with one attached hydrogen (secondary N) is 1. The average Bonchev–Trinajstić information content (AvgIpc) is 2.47. The van der Waals surface area contributed by atoms with E-state index in [-0.39, 0.29) is 0 Å². The second-order valence-electron chi connectivity index (χ2n) is 6.67. The van der Waals surface area contributed by atoms with Crippen LogP contribution in [-0.2, 0) is 6.42 Å². The quantitative estimate of drug-likeness (QED) is 0.632. The zero-order valence-electron chi connectivity index (χ0n) is 13.3. The lowest BCUT2D eigenvalue weighted by molar-refractivity contribution is 0.293. The van der Waals surface area contributed by atoms with Gasteiger partial charge >= 0.3 is 0 Å². The van der Waals surface area contributed by atoms with Crippen LogP contribution >= 0.6 is 0 Å². The third-order valence-electron chi connectivity index (χ3n) is 4.66. The van der Waals surface area contributed by atoms with Crippen LogP contribution in [0.2, 0.25) is 0 Å². The molecule has 1 fully saturated rings. The molecular formula is C19H31N. The third-order valence-corrected chi connectivity index (χ3v) is 4.66. The Bertz CT molecular complexity index is 368. The van der Waals surface area contributed by atoms with Crippen LogP contribution in [-0.4, -0.2) is 6.54 Å². The van der Waals surface area contributed by atoms with E-state index in [1.807, 2.05) is 0 Å². The molecule has 1 N–H and O–H groups in total. The molecule has 1 aliphatic carbocycles. The normalized spacial score (nSPS) is 22.7. The molecule has 0 saturated heterocycles. The number of aryl methyl sites for hydroxylation is 1. The fourth-order valence-electron chi connectivity index (χ4n) is 3.38. The van der Waals surface area contributed by atoms with Crippen LogP contribution in [0.25, 0.3) is 0 Å². The van der Waals surface area contributed by atoms with Gasteiger partial charge in [0.2, 0.25) is 0 Å². The van der Waals surface area contributed by atoms with Crippen molar-refractivity contribution < 1.29 is 0 Å². The molecule has 0 amide bonds. The Kier molecular flexibility index (Phi) is 6.42. The van der Waals surface area contributed by atoms with Gasteiger partial charge in [-0.15, -0.1) is 0 Å². The van der Waals surface area contributed by atoms with Crippen LogP contribution in [0, 0.1) is 11.8 Å². The van der Waals surface area contributed by atoms with Crippen molar-refractivity contribution in [3.8, 4) is 0 Å². The second kappa shape index (κ2) is 8.34. The van der Waals surface area contributed by atoms with E-state index < -0.39 is 0 Å². The summed E-state index contributed by atoms with van der Waals surface area (Å²) in [5.74, 6) is 1.81. The highest BCUT2D eigenvalue weighted by molar-refractivity contribution is 5.44. The number of unbranched alkanes of at least 4 members (excludes halogenated alkanes) is 2. The lowest BCUT2D eigenvalue weighted by Crippen LogP contribution is -2.20. The molecule has 0 spiro atoms. The van der Waals surface area contributed by atoms with Crippen LogP contribution in [0.5, 0.6) is 0 Å². The van der Waals surface area contributed by atoms with Gasteiger partial charge in [-0.25, -0.2) is 0 Å². The highest BCUT2D eigenvalue weighted by Crippen LogP contribution is 2.28. The fraction of sp³-hybridized carbons (Fsp3) is 0.684. The lowest BCUT2D eigenvalue weighted by atomic mass is 9.82. The largest absolute Gasteiger partial charge is 0.385 e. The van der Waals surface area contributed by atoms with Crippen LogP contribution in [0.1, 0.15) is 64.4 Å². The number of rotatable bonds is 7. The van der Waals surface area contributed by atoms with Gasteiger partial charge in [-0.3, -0.25) is 0 Å². The zero-order valence-corrected chi connectivity index (χ0v) is 13.3. The summed E-state index contributed by atoms with van der Waals surface area (Å²) in [4.78, 5) is 0. The van der Waals surface area contributed by atoms with E-state index in [1.54, 1.807) is 0 Å². The number of hydrogen-bond donors (Lipinski definition) is 1. The van der Waals surface area contributed by atoms with E-state index in [1.165, 1.54) is 62.6 Å². The molecule has 0 heterocycles. The van der Waals surface area contributed by atoms with Gasteiger partial charge in [0.1, 0.15) is 0 Å². The summed E-state index contributed by atoms with van der Waals surface area (Å²) in [7, 11) is 0. The topological polar surface area (TPSA) is 12.0 Å². The zero-order chi connectivity index (χ0) is 14.2. The summed E-state index contributed by atoms with van der Waals surface area (Å²) in [5.41, 5.74) is 2.78. The summed E-state index contributed by atoms with van der Waals surface area (Å²) in [6.07, 6.45) is 10.9. The molecule has 1 nitrogen and oxygen atoms in total. The van der Waals surface area contributed by atoms with E-state index in [2.05, 4.69) is 43.4 Å².